The molecule has 34 heavy (non-hydrogen) atoms. The van der Waals surface area contributed by atoms with Gasteiger partial charge in [-0.2, -0.15) is 15.3 Å². The first-order valence-corrected chi connectivity index (χ1v) is 11.5. The van der Waals surface area contributed by atoms with E-state index in [1.54, 1.807) is 12.4 Å². The molecule has 0 unspecified atom stereocenters. The summed E-state index contributed by atoms with van der Waals surface area (Å²) in [6.07, 6.45) is 12.0. The number of benzene rings is 1. The standard InChI is InChI=1S/C24H23N9O/c1-2-4-19(5-3-1)33-22(17-10-12-25-13-11-17)20(15-26-33)24-27-23(30-34-24)18-8-6-16(7-9-18)14-21-28-31-32-29-21/h6-13,15,19H,1-5,14H2,(H,28,29,31,32). The number of nitrogens with one attached hydrogen (secondary N) is 1. The van der Waals surface area contributed by atoms with Gasteiger partial charge in [0.25, 0.3) is 5.89 Å². The van der Waals surface area contributed by atoms with E-state index >= 15 is 0 Å². The largest absolute Gasteiger partial charge is 0.333 e. The van der Waals surface area contributed by atoms with Gasteiger partial charge >= 0.3 is 0 Å². The van der Waals surface area contributed by atoms with Crippen LogP contribution in [-0.4, -0.2) is 45.5 Å². The van der Waals surface area contributed by atoms with Crippen LogP contribution in [-0.2, 0) is 6.42 Å². The number of hydrogen-bond acceptors (Lipinski definition) is 8. The molecule has 0 saturated heterocycles. The van der Waals surface area contributed by atoms with E-state index in [9.17, 15) is 0 Å². The normalized spacial score (nSPS) is 14.5. The van der Waals surface area contributed by atoms with Crippen LogP contribution >= 0.6 is 0 Å². The molecule has 0 aliphatic heterocycles. The third-order valence-corrected chi connectivity index (χ3v) is 6.29. The smallest absolute Gasteiger partial charge is 0.262 e. The minimum Gasteiger partial charge on any atom is -0.333 e. The highest BCUT2D eigenvalue weighted by molar-refractivity contribution is 5.77. The van der Waals surface area contributed by atoms with Crippen molar-refractivity contribution >= 4 is 0 Å². The number of aromatic amines is 1. The molecule has 1 aromatic carbocycles. The molecule has 0 bridgehead atoms. The molecule has 170 valence electrons. The third kappa shape index (κ3) is 3.98. The highest BCUT2D eigenvalue weighted by atomic mass is 16.5. The van der Waals surface area contributed by atoms with Gasteiger partial charge in [0.2, 0.25) is 5.82 Å². The minimum atomic E-state index is 0.375. The van der Waals surface area contributed by atoms with E-state index in [-0.39, 0.29) is 0 Å². The monoisotopic (exact) mass is 453 g/mol. The molecule has 4 heterocycles. The fourth-order valence-electron chi connectivity index (χ4n) is 4.58. The van der Waals surface area contributed by atoms with Crippen LogP contribution < -0.4 is 0 Å². The molecule has 5 aromatic rings. The number of H-pyrrole nitrogens is 1. The molecule has 0 radical (unpaired) electrons. The lowest BCUT2D eigenvalue weighted by atomic mass is 9.95. The van der Waals surface area contributed by atoms with E-state index in [2.05, 4.69) is 35.4 Å². The molecule has 10 heteroatoms. The number of nitrogens with zero attached hydrogens (tertiary/aromatic N) is 8. The summed E-state index contributed by atoms with van der Waals surface area (Å²) in [6, 6.07) is 12.3. The predicted octanol–water partition coefficient (Wildman–Crippen LogP) is 4.27. The van der Waals surface area contributed by atoms with Gasteiger partial charge < -0.3 is 4.52 Å². The Labute approximate surface area is 195 Å². The van der Waals surface area contributed by atoms with Gasteiger partial charge in [0.15, 0.2) is 5.82 Å². The van der Waals surface area contributed by atoms with E-state index in [0.717, 1.165) is 40.8 Å². The Bertz CT molecular complexity index is 1350. The van der Waals surface area contributed by atoms with E-state index in [4.69, 9.17) is 14.6 Å². The Morgan fingerprint density at radius 3 is 2.56 bits per heavy atom. The van der Waals surface area contributed by atoms with Crippen LogP contribution in [0.4, 0.5) is 0 Å². The highest BCUT2D eigenvalue weighted by Crippen LogP contribution is 2.37. The van der Waals surface area contributed by atoms with Crippen molar-refractivity contribution < 1.29 is 4.52 Å². The van der Waals surface area contributed by atoms with Crippen LogP contribution in [0.1, 0.15) is 49.5 Å². The van der Waals surface area contributed by atoms with Gasteiger partial charge in [-0.25, -0.2) is 0 Å². The first-order valence-electron chi connectivity index (χ1n) is 11.5. The zero-order valence-corrected chi connectivity index (χ0v) is 18.5. The first-order chi connectivity index (χ1) is 16.8. The van der Waals surface area contributed by atoms with Crippen LogP contribution in [0, 0.1) is 0 Å². The first kappa shape index (κ1) is 20.4. The second-order valence-corrected chi connectivity index (χ2v) is 8.50. The lowest BCUT2D eigenvalue weighted by molar-refractivity contribution is 0.332. The summed E-state index contributed by atoms with van der Waals surface area (Å²) in [6.45, 7) is 0. The molecule has 10 nitrogen and oxygen atoms in total. The van der Waals surface area contributed by atoms with Crippen molar-refractivity contribution in [3.63, 3.8) is 0 Å². The van der Waals surface area contributed by atoms with Crippen LogP contribution in [0.3, 0.4) is 0 Å². The van der Waals surface area contributed by atoms with E-state index in [0.29, 0.717) is 30.0 Å². The summed E-state index contributed by atoms with van der Waals surface area (Å²) in [5.74, 6) is 1.64. The summed E-state index contributed by atoms with van der Waals surface area (Å²) in [4.78, 5) is 8.89. The highest BCUT2D eigenvalue weighted by Gasteiger charge is 2.25. The number of rotatable bonds is 6. The molecule has 0 atom stereocenters. The van der Waals surface area contributed by atoms with Crippen molar-refractivity contribution in [1.29, 1.82) is 0 Å². The number of tetrazole rings is 1. The summed E-state index contributed by atoms with van der Waals surface area (Å²) < 4.78 is 7.86. The number of aromatic nitrogens is 9. The van der Waals surface area contributed by atoms with Crippen LogP contribution in [0.2, 0.25) is 0 Å². The van der Waals surface area contributed by atoms with Gasteiger partial charge in [-0.05, 0) is 30.5 Å². The maximum Gasteiger partial charge on any atom is 0.262 e. The Kier molecular flexibility index (Phi) is 5.38. The summed E-state index contributed by atoms with van der Waals surface area (Å²) in [5.41, 5.74) is 4.82. The fraction of sp³-hybridized carbons (Fsp3) is 0.292. The number of hydrogen-bond donors (Lipinski definition) is 1. The van der Waals surface area contributed by atoms with Gasteiger partial charge in [-0.3, -0.25) is 9.67 Å². The van der Waals surface area contributed by atoms with E-state index in [1.165, 1.54) is 19.3 Å². The third-order valence-electron chi connectivity index (χ3n) is 6.29. The van der Waals surface area contributed by atoms with Crippen LogP contribution in [0.25, 0.3) is 34.1 Å². The molecule has 1 aliphatic carbocycles. The summed E-state index contributed by atoms with van der Waals surface area (Å²) in [7, 11) is 0. The molecule has 1 aliphatic rings. The van der Waals surface area contributed by atoms with Crippen LogP contribution in [0.5, 0.6) is 0 Å². The molecule has 6 rings (SSSR count). The summed E-state index contributed by atoms with van der Waals surface area (Å²) >= 11 is 0. The Hall–Kier alpha value is -4.21. The Morgan fingerprint density at radius 1 is 0.971 bits per heavy atom. The minimum absolute atomic E-state index is 0.375. The van der Waals surface area contributed by atoms with Gasteiger partial charge in [-0.15, -0.1) is 10.2 Å². The second-order valence-electron chi connectivity index (χ2n) is 8.50. The van der Waals surface area contributed by atoms with Crippen molar-refractivity contribution in [2.24, 2.45) is 0 Å². The molecule has 1 N–H and O–H groups in total. The van der Waals surface area contributed by atoms with Crippen molar-refractivity contribution in [2.75, 3.05) is 0 Å². The van der Waals surface area contributed by atoms with E-state index in [1.807, 2.05) is 42.6 Å². The van der Waals surface area contributed by atoms with Crippen molar-refractivity contribution in [2.45, 2.75) is 44.6 Å². The van der Waals surface area contributed by atoms with Gasteiger partial charge in [0.05, 0.1) is 23.5 Å². The average Bonchev–Trinajstić information content (AvgIpc) is 3.66. The lowest BCUT2D eigenvalue weighted by Gasteiger charge is -2.24. The molecule has 0 spiro atoms. The molecular weight excluding hydrogens is 430 g/mol. The molecule has 1 fully saturated rings. The fourth-order valence-corrected chi connectivity index (χ4v) is 4.58. The summed E-state index contributed by atoms with van der Waals surface area (Å²) in [5, 5.41) is 23.1. The van der Waals surface area contributed by atoms with Crippen molar-refractivity contribution in [1.82, 2.24) is 45.5 Å². The molecule has 4 aromatic heterocycles. The quantitative estimate of drug-likeness (QED) is 0.404. The molecule has 1 saturated carbocycles. The lowest BCUT2D eigenvalue weighted by Crippen LogP contribution is -2.15. The maximum atomic E-state index is 5.72. The van der Waals surface area contributed by atoms with Crippen LogP contribution in [0.15, 0.2) is 59.5 Å². The zero-order valence-electron chi connectivity index (χ0n) is 18.5. The zero-order chi connectivity index (χ0) is 22.7. The van der Waals surface area contributed by atoms with Crippen molar-refractivity contribution in [3.05, 3.63) is 66.4 Å². The van der Waals surface area contributed by atoms with Gasteiger partial charge in [0, 0.05) is 29.9 Å². The van der Waals surface area contributed by atoms with Gasteiger partial charge in [-0.1, -0.05) is 53.9 Å². The Balaban J connectivity index is 1.32. The van der Waals surface area contributed by atoms with Crippen molar-refractivity contribution in [3.8, 4) is 34.1 Å². The van der Waals surface area contributed by atoms with E-state index < -0.39 is 0 Å². The molecular formula is C24H23N9O. The maximum absolute atomic E-state index is 5.72. The SMILES string of the molecule is c1cc(-c2c(-c3nc(-c4ccc(Cc5nn[nH]n5)cc4)no3)cnn2C2CCCCC2)ccn1. The predicted molar refractivity (Wildman–Crippen MR) is 123 cm³/mol. The molecule has 0 amide bonds. The topological polar surface area (TPSA) is 124 Å². The van der Waals surface area contributed by atoms with Gasteiger partial charge in [0.1, 0.15) is 0 Å². The average molecular weight is 454 g/mol. The second kappa shape index (κ2) is 8.97. The Morgan fingerprint density at radius 2 is 1.79 bits per heavy atom. The number of pyridine rings is 1.